The molecule has 0 fully saturated rings. The number of amides is 1. The summed E-state index contributed by atoms with van der Waals surface area (Å²) in [6, 6.07) is 5.52. The average Bonchev–Trinajstić information content (AvgIpc) is 2.24. The van der Waals surface area contributed by atoms with Gasteiger partial charge < -0.3 is 10.6 Å². The molecule has 1 amide bonds. The highest BCUT2D eigenvalue weighted by molar-refractivity contribution is 6.31. The molecular formula is C12H18Cl2N2O. The van der Waals surface area contributed by atoms with E-state index in [1.165, 1.54) is 0 Å². The number of carbonyl (C=O) groups excluding carboxylic acids is 1. The van der Waals surface area contributed by atoms with Crippen LogP contribution in [-0.4, -0.2) is 19.5 Å². The number of hydrogen-bond acceptors (Lipinski definition) is 2. The second kappa shape index (κ2) is 8.34. The zero-order valence-corrected chi connectivity index (χ0v) is 11.6. The van der Waals surface area contributed by atoms with Gasteiger partial charge in [-0.15, -0.1) is 12.4 Å². The van der Waals surface area contributed by atoms with Crippen LogP contribution in [0.3, 0.4) is 0 Å². The number of aryl methyl sites for hydroxylation is 1. The van der Waals surface area contributed by atoms with E-state index >= 15 is 0 Å². The van der Waals surface area contributed by atoms with Crippen LogP contribution in [0.4, 0.5) is 5.69 Å². The quantitative estimate of drug-likeness (QED) is 0.812. The van der Waals surface area contributed by atoms with Crippen LogP contribution in [0.2, 0.25) is 5.02 Å². The molecule has 1 aromatic carbocycles. The topological polar surface area (TPSA) is 41.1 Å². The third-order valence-electron chi connectivity index (χ3n) is 2.29. The van der Waals surface area contributed by atoms with Crippen molar-refractivity contribution in [3.05, 3.63) is 28.8 Å². The minimum atomic E-state index is 0. The Bertz CT molecular complexity index is 370. The van der Waals surface area contributed by atoms with Gasteiger partial charge in [0.25, 0.3) is 0 Å². The molecule has 5 heteroatoms. The highest BCUT2D eigenvalue weighted by Gasteiger charge is 2.03. The van der Waals surface area contributed by atoms with E-state index in [9.17, 15) is 4.79 Å². The second-order valence-corrected chi connectivity index (χ2v) is 4.13. The fraction of sp³-hybridized carbons (Fsp3) is 0.417. The van der Waals surface area contributed by atoms with Gasteiger partial charge in [0.05, 0.1) is 0 Å². The standard InChI is InChI=1S/C12H17ClN2O.ClH/c1-9-5-6-10(8-11(9)13)15-12(16)4-3-7-14-2;/h5-6,8,14H,3-4,7H2,1-2H3,(H,15,16);1H. The van der Waals surface area contributed by atoms with Crippen LogP contribution in [0, 0.1) is 6.92 Å². The van der Waals surface area contributed by atoms with Crippen molar-refractivity contribution in [3.63, 3.8) is 0 Å². The highest BCUT2D eigenvalue weighted by Crippen LogP contribution is 2.19. The summed E-state index contributed by atoms with van der Waals surface area (Å²) in [5.41, 5.74) is 1.76. The summed E-state index contributed by atoms with van der Waals surface area (Å²) in [6.45, 7) is 2.78. The van der Waals surface area contributed by atoms with E-state index in [0.717, 1.165) is 24.2 Å². The largest absolute Gasteiger partial charge is 0.326 e. The zero-order chi connectivity index (χ0) is 12.0. The van der Waals surface area contributed by atoms with Gasteiger partial charge in [-0.2, -0.15) is 0 Å². The molecule has 3 nitrogen and oxygen atoms in total. The van der Waals surface area contributed by atoms with Gasteiger partial charge in [0.15, 0.2) is 0 Å². The number of nitrogens with one attached hydrogen (secondary N) is 2. The van der Waals surface area contributed by atoms with Gasteiger partial charge in [-0.1, -0.05) is 17.7 Å². The smallest absolute Gasteiger partial charge is 0.224 e. The summed E-state index contributed by atoms with van der Waals surface area (Å²) < 4.78 is 0. The summed E-state index contributed by atoms with van der Waals surface area (Å²) in [5, 5.41) is 6.49. The van der Waals surface area contributed by atoms with Crippen molar-refractivity contribution in [1.82, 2.24) is 5.32 Å². The highest BCUT2D eigenvalue weighted by atomic mass is 35.5. The van der Waals surface area contributed by atoms with Crippen LogP contribution < -0.4 is 10.6 Å². The second-order valence-electron chi connectivity index (χ2n) is 3.72. The van der Waals surface area contributed by atoms with E-state index in [0.29, 0.717) is 11.4 Å². The Morgan fingerprint density at radius 1 is 1.41 bits per heavy atom. The normalized spacial score (nSPS) is 9.59. The Hall–Kier alpha value is -0.770. The molecule has 0 radical (unpaired) electrons. The monoisotopic (exact) mass is 276 g/mol. The fourth-order valence-electron chi connectivity index (χ4n) is 1.32. The number of rotatable bonds is 5. The molecule has 0 bridgehead atoms. The number of hydrogen-bond donors (Lipinski definition) is 2. The maximum atomic E-state index is 11.5. The first kappa shape index (κ1) is 16.2. The van der Waals surface area contributed by atoms with Gasteiger partial charge in [0.2, 0.25) is 5.91 Å². The molecular weight excluding hydrogens is 259 g/mol. The first-order valence-electron chi connectivity index (χ1n) is 5.34. The van der Waals surface area contributed by atoms with Gasteiger partial charge in [-0.25, -0.2) is 0 Å². The van der Waals surface area contributed by atoms with Crippen molar-refractivity contribution in [2.45, 2.75) is 19.8 Å². The van der Waals surface area contributed by atoms with Crippen LogP contribution in [0.25, 0.3) is 0 Å². The molecule has 1 rings (SSSR count). The summed E-state index contributed by atoms with van der Waals surface area (Å²) in [5.74, 6) is 0.0233. The van der Waals surface area contributed by atoms with E-state index in [1.54, 1.807) is 6.07 Å². The molecule has 2 N–H and O–H groups in total. The third-order valence-corrected chi connectivity index (χ3v) is 2.69. The fourth-order valence-corrected chi connectivity index (χ4v) is 1.50. The Kier molecular flexibility index (Phi) is 7.96. The van der Waals surface area contributed by atoms with Crippen molar-refractivity contribution < 1.29 is 4.79 Å². The van der Waals surface area contributed by atoms with Crippen LogP contribution in [0.15, 0.2) is 18.2 Å². The van der Waals surface area contributed by atoms with E-state index in [2.05, 4.69) is 10.6 Å². The minimum absolute atomic E-state index is 0. The molecule has 0 aliphatic heterocycles. The molecule has 96 valence electrons. The summed E-state index contributed by atoms with van der Waals surface area (Å²) in [6.07, 6.45) is 1.36. The molecule has 0 saturated heterocycles. The van der Waals surface area contributed by atoms with Gasteiger partial charge in [0, 0.05) is 17.1 Å². The van der Waals surface area contributed by atoms with Crippen molar-refractivity contribution in [3.8, 4) is 0 Å². The van der Waals surface area contributed by atoms with Gasteiger partial charge >= 0.3 is 0 Å². The lowest BCUT2D eigenvalue weighted by Crippen LogP contribution is -2.15. The van der Waals surface area contributed by atoms with E-state index < -0.39 is 0 Å². The van der Waals surface area contributed by atoms with Crippen molar-refractivity contribution in [2.24, 2.45) is 0 Å². The molecule has 0 aromatic heterocycles. The average molecular weight is 277 g/mol. The Morgan fingerprint density at radius 2 is 2.12 bits per heavy atom. The van der Waals surface area contributed by atoms with Crippen molar-refractivity contribution >= 4 is 35.6 Å². The molecule has 1 aromatic rings. The van der Waals surface area contributed by atoms with Gasteiger partial charge in [-0.3, -0.25) is 4.79 Å². The van der Waals surface area contributed by atoms with E-state index in [1.807, 2.05) is 26.1 Å². The first-order chi connectivity index (χ1) is 7.63. The summed E-state index contributed by atoms with van der Waals surface area (Å²) in [4.78, 5) is 11.5. The van der Waals surface area contributed by atoms with Crippen LogP contribution in [0.1, 0.15) is 18.4 Å². The van der Waals surface area contributed by atoms with Gasteiger partial charge in [-0.05, 0) is 44.6 Å². The molecule has 17 heavy (non-hydrogen) atoms. The Morgan fingerprint density at radius 3 is 2.71 bits per heavy atom. The molecule has 0 atom stereocenters. The predicted octanol–water partition coefficient (Wildman–Crippen LogP) is 3.01. The third kappa shape index (κ3) is 5.91. The Balaban J connectivity index is 0.00000256. The molecule has 0 spiro atoms. The summed E-state index contributed by atoms with van der Waals surface area (Å²) >= 11 is 5.96. The maximum Gasteiger partial charge on any atom is 0.224 e. The number of benzene rings is 1. The molecule has 0 aliphatic rings. The lowest BCUT2D eigenvalue weighted by molar-refractivity contribution is -0.116. The summed E-state index contributed by atoms with van der Waals surface area (Å²) in [7, 11) is 1.87. The van der Waals surface area contributed by atoms with Crippen molar-refractivity contribution in [1.29, 1.82) is 0 Å². The number of carbonyl (C=O) groups is 1. The van der Waals surface area contributed by atoms with Crippen molar-refractivity contribution in [2.75, 3.05) is 18.9 Å². The van der Waals surface area contributed by atoms with Crippen LogP contribution in [-0.2, 0) is 4.79 Å². The predicted molar refractivity (Wildman–Crippen MR) is 75.2 cm³/mol. The minimum Gasteiger partial charge on any atom is -0.326 e. The Labute approximate surface area is 113 Å². The van der Waals surface area contributed by atoms with Gasteiger partial charge in [0.1, 0.15) is 0 Å². The molecule has 0 unspecified atom stereocenters. The van der Waals surface area contributed by atoms with Crippen LogP contribution in [0.5, 0.6) is 0 Å². The zero-order valence-electron chi connectivity index (χ0n) is 10.0. The SMILES string of the molecule is CNCCCC(=O)Nc1ccc(C)c(Cl)c1.Cl. The first-order valence-corrected chi connectivity index (χ1v) is 5.72. The molecule has 0 saturated carbocycles. The lowest BCUT2D eigenvalue weighted by Gasteiger charge is -2.06. The van der Waals surface area contributed by atoms with E-state index in [-0.39, 0.29) is 18.3 Å². The van der Waals surface area contributed by atoms with Crippen LogP contribution >= 0.6 is 24.0 Å². The number of halogens is 2. The van der Waals surface area contributed by atoms with E-state index in [4.69, 9.17) is 11.6 Å². The molecule has 0 heterocycles. The maximum absolute atomic E-state index is 11.5. The lowest BCUT2D eigenvalue weighted by atomic mass is 10.2. The number of anilines is 1. The molecule has 0 aliphatic carbocycles.